The van der Waals surface area contributed by atoms with Crippen molar-refractivity contribution in [3.63, 3.8) is 0 Å². The molecule has 2 N–H and O–H groups in total. The topological polar surface area (TPSA) is 64.0 Å². The van der Waals surface area contributed by atoms with Gasteiger partial charge in [-0.2, -0.15) is 0 Å². The van der Waals surface area contributed by atoms with Crippen LogP contribution in [0, 0.1) is 5.92 Å². The van der Waals surface area contributed by atoms with E-state index in [1.807, 2.05) is 0 Å². The van der Waals surface area contributed by atoms with Crippen LogP contribution in [0.15, 0.2) is 0 Å². The number of hydrogen-bond donors (Lipinski definition) is 2. The van der Waals surface area contributed by atoms with Crippen molar-refractivity contribution in [3.8, 4) is 0 Å². The van der Waals surface area contributed by atoms with Crippen molar-refractivity contribution in [2.75, 3.05) is 32.7 Å². The Kier molecular flexibility index (Phi) is 5.63. The first-order chi connectivity index (χ1) is 9.97. The van der Waals surface area contributed by atoms with Gasteiger partial charge in [-0.25, -0.2) is 0 Å². The Morgan fingerprint density at radius 2 is 1.86 bits per heavy atom. The molecule has 0 aromatic carbocycles. The molecule has 0 spiro atoms. The molecule has 0 aromatic heterocycles. The minimum Gasteiger partial charge on any atom is -0.481 e. The fourth-order valence-corrected chi connectivity index (χ4v) is 3.97. The second-order valence-electron chi connectivity index (χ2n) is 6.74. The van der Waals surface area contributed by atoms with Gasteiger partial charge in [0, 0.05) is 19.1 Å². The molecule has 21 heavy (non-hydrogen) atoms. The maximum Gasteiger partial charge on any atom is 0.306 e. The second-order valence-corrected chi connectivity index (χ2v) is 6.74. The number of rotatable bonds is 6. The molecule has 0 amide bonds. The van der Waals surface area contributed by atoms with E-state index in [0.717, 1.165) is 26.2 Å². The summed E-state index contributed by atoms with van der Waals surface area (Å²) < 4.78 is 0. The predicted molar refractivity (Wildman–Crippen MR) is 82.3 cm³/mol. The van der Waals surface area contributed by atoms with Crippen LogP contribution in [0.1, 0.15) is 46.0 Å². The fourth-order valence-electron chi connectivity index (χ4n) is 3.97. The van der Waals surface area contributed by atoms with Crippen LogP contribution in [0.4, 0.5) is 0 Å². The highest BCUT2D eigenvalue weighted by atomic mass is 16.4. The van der Waals surface area contributed by atoms with Crippen molar-refractivity contribution in [3.05, 3.63) is 0 Å². The second kappa shape index (κ2) is 7.07. The highest BCUT2D eigenvalue weighted by Crippen LogP contribution is 2.33. The summed E-state index contributed by atoms with van der Waals surface area (Å²) in [4.78, 5) is 15.9. The molecule has 1 unspecified atom stereocenters. The molecule has 5 heteroatoms. The van der Waals surface area contributed by atoms with Crippen molar-refractivity contribution in [1.29, 1.82) is 0 Å². The van der Waals surface area contributed by atoms with E-state index < -0.39 is 11.6 Å². The van der Waals surface area contributed by atoms with E-state index in [1.165, 1.54) is 6.42 Å². The van der Waals surface area contributed by atoms with E-state index in [1.54, 1.807) is 0 Å². The van der Waals surface area contributed by atoms with Gasteiger partial charge < -0.3 is 10.2 Å². The number of nitrogens with zero attached hydrogens (tertiary/aromatic N) is 2. The van der Waals surface area contributed by atoms with E-state index in [0.29, 0.717) is 38.3 Å². The molecule has 0 bridgehead atoms. The first-order valence-electron chi connectivity index (χ1n) is 8.39. The first-order valence-corrected chi connectivity index (χ1v) is 8.39. The average Bonchev–Trinajstić information content (AvgIpc) is 2.88. The van der Waals surface area contributed by atoms with Crippen LogP contribution in [-0.2, 0) is 4.79 Å². The molecule has 5 nitrogen and oxygen atoms in total. The van der Waals surface area contributed by atoms with Gasteiger partial charge in [0.25, 0.3) is 0 Å². The van der Waals surface area contributed by atoms with Gasteiger partial charge in [0.15, 0.2) is 0 Å². The molecule has 0 radical (unpaired) electrons. The van der Waals surface area contributed by atoms with E-state index in [4.69, 9.17) is 5.11 Å². The molecular weight excluding hydrogens is 268 g/mol. The number of aliphatic hydroxyl groups is 1. The number of carbonyl (C=O) groups is 1. The predicted octanol–water partition coefficient (Wildman–Crippen LogP) is 1.41. The van der Waals surface area contributed by atoms with Gasteiger partial charge in [-0.3, -0.25) is 14.6 Å². The summed E-state index contributed by atoms with van der Waals surface area (Å²) in [5, 5.41) is 19.8. The molecule has 2 rings (SSSR count). The Morgan fingerprint density at radius 3 is 2.38 bits per heavy atom. The lowest BCUT2D eigenvalue weighted by molar-refractivity contribution is -0.145. The summed E-state index contributed by atoms with van der Waals surface area (Å²) in [6.45, 7) is 9.36. The molecular formula is C16H30N2O3. The van der Waals surface area contributed by atoms with Crippen molar-refractivity contribution in [1.82, 2.24) is 9.80 Å². The van der Waals surface area contributed by atoms with Crippen molar-refractivity contribution >= 4 is 5.97 Å². The van der Waals surface area contributed by atoms with Crippen molar-refractivity contribution in [2.45, 2.75) is 57.6 Å². The third-order valence-corrected chi connectivity index (χ3v) is 5.36. The maximum atomic E-state index is 11.0. The molecule has 1 heterocycles. The minimum absolute atomic E-state index is 0.257. The molecule has 1 saturated heterocycles. The van der Waals surface area contributed by atoms with E-state index >= 15 is 0 Å². The van der Waals surface area contributed by atoms with E-state index in [9.17, 15) is 9.90 Å². The largest absolute Gasteiger partial charge is 0.481 e. The summed E-state index contributed by atoms with van der Waals surface area (Å²) in [6.07, 6.45) is 3.64. The summed E-state index contributed by atoms with van der Waals surface area (Å²) in [5.74, 6) is -0.966. The van der Waals surface area contributed by atoms with Crippen LogP contribution >= 0.6 is 0 Å². The number of carboxylic acids is 1. The molecule has 1 atom stereocenters. The third-order valence-electron chi connectivity index (χ3n) is 5.36. The maximum absolute atomic E-state index is 11.0. The van der Waals surface area contributed by atoms with Crippen LogP contribution in [0.5, 0.6) is 0 Å². The highest BCUT2D eigenvalue weighted by molar-refractivity contribution is 5.70. The monoisotopic (exact) mass is 298 g/mol. The number of likely N-dealkylation sites (N-methyl/N-ethyl adjacent to an activating group) is 1. The zero-order valence-corrected chi connectivity index (χ0v) is 13.4. The van der Waals surface area contributed by atoms with Gasteiger partial charge in [-0.15, -0.1) is 0 Å². The number of carboxylic acid groups (broad SMARTS) is 1. The van der Waals surface area contributed by atoms with E-state index in [2.05, 4.69) is 23.6 Å². The van der Waals surface area contributed by atoms with Gasteiger partial charge in [0.05, 0.1) is 11.5 Å². The Balaban J connectivity index is 1.81. The lowest BCUT2D eigenvalue weighted by atomic mass is 9.78. The SMILES string of the molecule is CCN(CC)C1CCN(CC2(O)CCC(C(=O)O)CC2)C1. The van der Waals surface area contributed by atoms with Crippen LogP contribution < -0.4 is 0 Å². The number of β-amino-alcohol motifs (C(OH)–C–C–N with tert-alkyl or cyclic N) is 1. The standard InChI is InChI=1S/C16H30N2O3/c1-3-18(4-2)14-7-10-17(11-14)12-16(21)8-5-13(6-9-16)15(19)20/h13-14,21H,3-12H2,1-2H3,(H,19,20). The summed E-state index contributed by atoms with van der Waals surface area (Å²) in [6, 6.07) is 0.610. The summed E-state index contributed by atoms with van der Waals surface area (Å²) >= 11 is 0. The fraction of sp³-hybridized carbons (Fsp3) is 0.938. The Morgan fingerprint density at radius 1 is 1.24 bits per heavy atom. The smallest absolute Gasteiger partial charge is 0.306 e. The third kappa shape index (κ3) is 4.18. The Labute approximate surface area is 127 Å². The Hall–Kier alpha value is -0.650. The highest BCUT2D eigenvalue weighted by Gasteiger charge is 2.38. The van der Waals surface area contributed by atoms with Gasteiger partial charge in [0.2, 0.25) is 0 Å². The van der Waals surface area contributed by atoms with Crippen LogP contribution in [0.2, 0.25) is 0 Å². The lowest BCUT2D eigenvalue weighted by Crippen LogP contribution is -2.46. The van der Waals surface area contributed by atoms with Gasteiger partial charge in [-0.1, -0.05) is 13.8 Å². The van der Waals surface area contributed by atoms with Gasteiger partial charge >= 0.3 is 5.97 Å². The Bertz CT molecular complexity index is 349. The zero-order valence-electron chi connectivity index (χ0n) is 13.4. The molecule has 1 aliphatic carbocycles. The number of likely N-dealkylation sites (tertiary alicyclic amines) is 1. The van der Waals surface area contributed by atoms with Gasteiger partial charge in [-0.05, 0) is 51.7 Å². The van der Waals surface area contributed by atoms with Crippen LogP contribution in [-0.4, -0.2) is 70.3 Å². The molecule has 1 aliphatic heterocycles. The van der Waals surface area contributed by atoms with Crippen molar-refractivity contribution in [2.24, 2.45) is 5.92 Å². The van der Waals surface area contributed by atoms with Crippen molar-refractivity contribution < 1.29 is 15.0 Å². The number of hydrogen-bond acceptors (Lipinski definition) is 4. The average molecular weight is 298 g/mol. The molecule has 0 aromatic rings. The quantitative estimate of drug-likeness (QED) is 0.776. The van der Waals surface area contributed by atoms with Crippen LogP contribution in [0.3, 0.4) is 0 Å². The molecule has 122 valence electrons. The molecule has 2 fully saturated rings. The zero-order chi connectivity index (χ0) is 15.5. The summed E-state index contributed by atoms with van der Waals surface area (Å²) in [7, 11) is 0. The van der Waals surface area contributed by atoms with Crippen LogP contribution in [0.25, 0.3) is 0 Å². The molecule has 1 saturated carbocycles. The molecule has 2 aliphatic rings. The number of aliphatic carboxylic acids is 1. The summed E-state index contributed by atoms with van der Waals surface area (Å²) in [5.41, 5.74) is -0.676. The minimum atomic E-state index is -0.709. The normalized spacial score (nSPS) is 34.5. The lowest BCUT2D eigenvalue weighted by Gasteiger charge is -2.37. The van der Waals surface area contributed by atoms with E-state index in [-0.39, 0.29) is 5.92 Å². The van der Waals surface area contributed by atoms with Gasteiger partial charge in [0.1, 0.15) is 0 Å². The first kappa shape index (κ1) is 16.7.